The molecule has 1 fully saturated rings. The average molecular weight is 464 g/mol. The molecular formula is C27H33N3O4. The van der Waals surface area contributed by atoms with Crippen molar-refractivity contribution in [3.63, 3.8) is 0 Å². The van der Waals surface area contributed by atoms with Gasteiger partial charge in [0.05, 0.1) is 24.3 Å². The highest BCUT2D eigenvalue weighted by atomic mass is 16.5. The molecule has 2 aromatic carbocycles. The van der Waals surface area contributed by atoms with Crippen LogP contribution in [0.25, 0.3) is 0 Å². The van der Waals surface area contributed by atoms with Crippen molar-refractivity contribution in [1.82, 2.24) is 9.80 Å². The highest BCUT2D eigenvalue weighted by molar-refractivity contribution is 5.93. The molecular weight excluding hydrogens is 430 g/mol. The Morgan fingerprint density at radius 2 is 1.88 bits per heavy atom. The molecule has 180 valence electrons. The molecule has 1 atom stereocenters. The van der Waals surface area contributed by atoms with E-state index in [1.54, 1.807) is 13.2 Å². The standard InChI is InChI=1S/C27H33N3O4/c1-18-21(7-8-22-23(18)16-34-26(22)32)24(31)15-29-9-11-30(12-10-29)17-27(2,3)20-6-5-19(14-28)25(13-20)33-4/h5-8,13,24,31H,9-12,15-17H2,1-4H3. The molecule has 2 aromatic rings. The maximum atomic E-state index is 11.8. The van der Waals surface area contributed by atoms with Crippen LogP contribution >= 0.6 is 0 Å². The summed E-state index contributed by atoms with van der Waals surface area (Å²) >= 11 is 0. The Morgan fingerprint density at radius 3 is 2.56 bits per heavy atom. The predicted molar refractivity (Wildman–Crippen MR) is 129 cm³/mol. The largest absolute Gasteiger partial charge is 0.495 e. The number of carbonyl (C=O) groups is 1. The molecule has 1 saturated heterocycles. The smallest absolute Gasteiger partial charge is 0.338 e. The number of hydrogen-bond acceptors (Lipinski definition) is 7. The minimum Gasteiger partial charge on any atom is -0.495 e. The van der Waals surface area contributed by atoms with Gasteiger partial charge in [-0.3, -0.25) is 9.80 Å². The third-order valence-electron chi connectivity index (χ3n) is 7.19. The third kappa shape index (κ3) is 4.80. The number of aliphatic hydroxyl groups is 1. The van der Waals surface area contributed by atoms with E-state index >= 15 is 0 Å². The predicted octanol–water partition coefficient (Wildman–Crippen LogP) is 3.17. The second-order valence-corrected chi connectivity index (χ2v) is 9.89. The molecule has 0 aromatic heterocycles. The number of methoxy groups -OCH3 is 1. The van der Waals surface area contributed by atoms with Crippen LogP contribution in [0.5, 0.6) is 5.75 Å². The lowest BCUT2D eigenvalue weighted by molar-refractivity contribution is 0.0535. The number of piperazine rings is 1. The minimum atomic E-state index is -0.602. The first-order valence-corrected chi connectivity index (χ1v) is 11.7. The van der Waals surface area contributed by atoms with Gasteiger partial charge in [0.1, 0.15) is 18.4 Å². The molecule has 7 heteroatoms. The van der Waals surface area contributed by atoms with Crippen molar-refractivity contribution in [3.05, 3.63) is 63.7 Å². The lowest BCUT2D eigenvalue weighted by atomic mass is 9.83. The zero-order valence-corrected chi connectivity index (χ0v) is 20.4. The van der Waals surface area contributed by atoms with E-state index in [0.717, 1.165) is 55.0 Å². The van der Waals surface area contributed by atoms with Gasteiger partial charge < -0.3 is 14.6 Å². The topological polar surface area (TPSA) is 86.0 Å². The number of rotatable bonds is 7. The quantitative estimate of drug-likeness (QED) is 0.631. The van der Waals surface area contributed by atoms with Crippen LogP contribution in [0.2, 0.25) is 0 Å². The average Bonchev–Trinajstić information content (AvgIpc) is 3.21. The Hall–Kier alpha value is -2.92. The summed E-state index contributed by atoms with van der Waals surface area (Å²) in [5, 5.41) is 20.2. The Morgan fingerprint density at radius 1 is 1.18 bits per heavy atom. The van der Waals surface area contributed by atoms with Gasteiger partial charge in [0, 0.05) is 50.2 Å². The number of β-amino-alcohol motifs (C(OH)–C–C–N with tert-alkyl or cyclic N) is 1. The Bertz CT molecular complexity index is 1110. The van der Waals surface area contributed by atoms with Gasteiger partial charge in [0.15, 0.2) is 0 Å². The van der Waals surface area contributed by atoms with Crippen molar-refractivity contribution in [2.75, 3.05) is 46.4 Å². The number of nitrogens with zero attached hydrogens (tertiary/aromatic N) is 3. The number of hydrogen-bond donors (Lipinski definition) is 1. The third-order valence-corrected chi connectivity index (χ3v) is 7.19. The van der Waals surface area contributed by atoms with Gasteiger partial charge in [0.2, 0.25) is 0 Å². The van der Waals surface area contributed by atoms with Gasteiger partial charge in [-0.05, 0) is 41.8 Å². The zero-order valence-electron chi connectivity index (χ0n) is 20.4. The molecule has 7 nitrogen and oxygen atoms in total. The van der Waals surface area contributed by atoms with Crippen LogP contribution in [0.4, 0.5) is 0 Å². The summed E-state index contributed by atoms with van der Waals surface area (Å²) in [4.78, 5) is 16.5. The fourth-order valence-electron chi connectivity index (χ4n) is 5.06. The summed E-state index contributed by atoms with van der Waals surface area (Å²) < 4.78 is 10.5. The van der Waals surface area contributed by atoms with Crippen LogP contribution in [-0.2, 0) is 16.8 Å². The molecule has 2 aliphatic rings. The van der Waals surface area contributed by atoms with E-state index in [-0.39, 0.29) is 11.4 Å². The summed E-state index contributed by atoms with van der Waals surface area (Å²) in [5.41, 5.74) is 4.94. The first kappa shape index (κ1) is 24.2. The van der Waals surface area contributed by atoms with E-state index in [1.807, 2.05) is 31.2 Å². The number of esters is 1. The molecule has 0 spiro atoms. The van der Waals surface area contributed by atoms with Crippen LogP contribution in [-0.4, -0.2) is 67.3 Å². The molecule has 1 unspecified atom stereocenters. The van der Waals surface area contributed by atoms with E-state index in [4.69, 9.17) is 9.47 Å². The van der Waals surface area contributed by atoms with E-state index in [2.05, 4.69) is 29.7 Å². The van der Waals surface area contributed by atoms with Crippen LogP contribution < -0.4 is 4.74 Å². The van der Waals surface area contributed by atoms with Gasteiger partial charge in [0.25, 0.3) is 0 Å². The fraction of sp³-hybridized carbons (Fsp3) is 0.481. The van der Waals surface area contributed by atoms with E-state index in [9.17, 15) is 15.2 Å². The van der Waals surface area contributed by atoms with Crippen molar-refractivity contribution in [1.29, 1.82) is 5.26 Å². The normalized spacial score (nSPS) is 17.7. The number of carbonyl (C=O) groups excluding carboxylic acids is 1. The van der Waals surface area contributed by atoms with Gasteiger partial charge in [-0.1, -0.05) is 26.0 Å². The summed E-state index contributed by atoms with van der Waals surface area (Å²) in [5.74, 6) is 0.335. The molecule has 0 amide bonds. The summed E-state index contributed by atoms with van der Waals surface area (Å²) in [6.07, 6.45) is -0.602. The van der Waals surface area contributed by atoms with Crippen molar-refractivity contribution < 1.29 is 19.4 Å². The van der Waals surface area contributed by atoms with Crippen molar-refractivity contribution in [2.24, 2.45) is 0 Å². The van der Waals surface area contributed by atoms with Crippen molar-refractivity contribution in [2.45, 2.75) is 38.9 Å². The number of cyclic esters (lactones) is 1. The van der Waals surface area contributed by atoms with Crippen LogP contribution in [0.15, 0.2) is 30.3 Å². The highest BCUT2D eigenvalue weighted by Gasteiger charge is 2.29. The minimum absolute atomic E-state index is 0.0933. The summed E-state index contributed by atoms with van der Waals surface area (Å²) in [6.45, 7) is 11.8. The Balaban J connectivity index is 1.34. The fourth-order valence-corrected chi connectivity index (χ4v) is 5.06. The molecule has 2 aliphatic heterocycles. The van der Waals surface area contributed by atoms with Gasteiger partial charge in [-0.15, -0.1) is 0 Å². The monoisotopic (exact) mass is 463 g/mol. The second-order valence-electron chi connectivity index (χ2n) is 9.89. The van der Waals surface area contributed by atoms with E-state index in [0.29, 0.717) is 30.0 Å². The van der Waals surface area contributed by atoms with Gasteiger partial charge in [-0.2, -0.15) is 5.26 Å². The molecule has 34 heavy (non-hydrogen) atoms. The van der Waals surface area contributed by atoms with Crippen molar-refractivity contribution in [3.8, 4) is 11.8 Å². The first-order chi connectivity index (χ1) is 16.2. The van der Waals surface area contributed by atoms with Crippen LogP contribution in [0.1, 0.15) is 58.1 Å². The molecule has 4 rings (SSSR count). The number of ether oxygens (including phenoxy) is 2. The molecule has 1 N–H and O–H groups in total. The second kappa shape index (κ2) is 9.75. The van der Waals surface area contributed by atoms with E-state index < -0.39 is 6.10 Å². The molecule has 0 saturated carbocycles. The first-order valence-electron chi connectivity index (χ1n) is 11.7. The van der Waals surface area contributed by atoms with Gasteiger partial charge >= 0.3 is 5.97 Å². The number of aliphatic hydroxyl groups excluding tert-OH is 1. The summed E-state index contributed by atoms with van der Waals surface area (Å²) in [7, 11) is 1.60. The van der Waals surface area contributed by atoms with Crippen LogP contribution in [0, 0.1) is 18.3 Å². The maximum absolute atomic E-state index is 11.8. The highest BCUT2D eigenvalue weighted by Crippen LogP contribution is 2.31. The Kier molecular flexibility index (Phi) is 6.94. The number of fused-ring (bicyclic) bond motifs is 1. The molecule has 2 heterocycles. The Labute approximate surface area is 201 Å². The van der Waals surface area contributed by atoms with Gasteiger partial charge in [-0.25, -0.2) is 4.79 Å². The number of benzene rings is 2. The lowest BCUT2D eigenvalue weighted by Crippen LogP contribution is -2.50. The molecule has 0 bridgehead atoms. The zero-order chi connectivity index (χ0) is 24.5. The van der Waals surface area contributed by atoms with Crippen LogP contribution in [0.3, 0.4) is 0 Å². The SMILES string of the molecule is COc1cc(C(C)(C)CN2CCN(CC(O)c3ccc4c(c3C)COC4=O)CC2)ccc1C#N. The molecule has 0 radical (unpaired) electrons. The lowest BCUT2D eigenvalue weighted by Gasteiger charge is -2.39. The van der Waals surface area contributed by atoms with Crippen molar-refractivity contribution >= 4 is 5.97 Å². The number of nitriles is 1. The van der Waals surface area contributed by atoms with E-state index in [1.165, 1.54) is 0 Å². The maximum Gasteiger partial charge on any atom is 0.338 e. The summed E-state index contributed by atoms with van der Waals surface area (Å²) in [6, 6.07) is 11.6. The molecule has 0 aliphatic carbocycles.